The van der Waals surface area contributed by atoms with Crippen LogP contribution in [0.15, 0.2) is 17.0 Å². The molecule has 1 N–H and O–H groups in total. The lowest BCUT2D eigenvalue weighted by Gasteiger charge is -2.24. The van der Waals surface area contributed by atoms with Crippen LogP contribution in [0.2, 0.25) is 0 Å². The molecule has 1 aromatic carbocycles. The van der Waals surface area contributed by atoms with Gasteiger partial charge in [-0.1, -0.05) is 6.92 Å². The summed E-state index contributed by atoms with van der Waals surface area (Å²) >= 11 is 5.10. The number of alkyl halides is 3. The Labute approximate surface area is 129 Å². The third-order valence-electron chi connectivity index (χ3n) is 2.89. The first kappa shape index (κ1) is 18.0. The predicted octanol–water partition coefficient (Wildman–Crippen LogP) is 4.14. The topological polar surface area (TPSA) is 54.4 Å². The number of halogens is 3. The number of hydrogen-bond acceptors (Lipinski definition) is 2. The number of carboxylic acid groups (broad SMARTS) is 1. The number of rotatable bonds is 4. The van der Waals surface area contributed by atoms with Crippen molar-refractivity contribution in [1.29, 1.82) is 0 Å². The molecule has 3 nitrogen and oxygen atoms in total. The minimum atomic E-state index is -3.71. The molecule has 21 heavy (non-hydrogen) atoms. The first-order valence-electron chi connectivity index (χ1n) is 6.29. The van der Waals surface area contributed by atoms with E-state index in [1.807, 2.05) is 0 Å². The van der Waals surface area contributed by atoms with Gasteiger partial charge in [-0.2, -0.15) is 8.78 Å². The van der Waals surface area contributed by atoms with Crippen LogP contribution in [0.1, 0.15) is 49.2 Å². The molecule has 0 saturated carbocycles. The lowest BCUT2D eigenvalue weighted by molar-refractivity contribution is 0.0692. The molecule has 0 amide bonds. The number of carbonyl (C=O) groups is 1. The second kappa shape index (κ2) is 6.01. The number of benzene rings is 1. The average Bonchev–Trinajstić information content (AvgIpc) is 2.33. The highest BCUT2D eigenvalue weighted by Gasteiger charge is 2.37. The van der Waals surface area contributed by atoms with E-state index in [0.29, 0.717) is 0 Å². The van der Waals surface area contributed by atoms with E-state index in [1.165, 1.54) is 0 Å². The van der Waals surface area contributed by atoms with Crippen LogP contribution in [0.3, 0.4) is 0 Å². The Bertz CT molecular complexity index is 589. The smallest absolute Gasteiger partial charge is 0.349 e. The molecule has 7 heteroatoms. The van der Waals surface area contributed by atoms with Crippen molar-refractivity contribution in [3.05, 3.63) is 28.8 Å². The highest BCUT2D eigenvalue weighted by atomic mass is 35.5. The van der Waals surface area contributed by atoms with Crippen LogP contribution in [-0.4, -0.2) is 20.0 Å². The summed E-state index contributed by atoms with van der Waals surface area (Å²) in [5.74, 6) is -1.25. The van der Waals surface area contributed by atoms with Crippen molar-refractivity contribution >= 4 is 28.4 Å². The lowest BCUT2D eigenvalue weighted by atomic mass is 10.0. The van der Waals surface area contributed by atoms with E-state index in [4.69, 9.17) is 11.6 Å². The molecule has 0 aromatic heterocycles. The van der Waals surface area contributed by atoms with Crippen LogP contribution in [-0.2, 0) is 22.6 Å². The number of carboxylic acids is 1. The van der Waals surface area contributed by atoms with E-state index in [0.717, 1.165) is 12.1 Å². The summed E-state index contributed by atoms with van der Waals surface area (Å²) in [5.41, 5.74) is -0.595. The molecule has 0 bridgehead atoms. The molecule has 0 aliphatic rings. The zero-order chi connectivity index (χ0) is 16.6. The van der Waals surface area contributed by atoms with Gasteiger partial charge in [0.25, 0.3) is 0 Å². The molecule has 1 rings (SSSR count). The molecule has 0 radical (unpaired) electrons. The Hall–Kier alpha value is -1.01. The molecule has 0 saturated heterocycles. The van der Waals surface area contributed by atoms with E-state index in [9.17, 15) is 22.9 Å². The number of aromatic carboxylic acids is 1. The van der Waals surface area contributed by atoms with E-state index in [1.54, 1.807) is 27.7 Å². The van der Waals surface area contributed by atoms with Gasteiger partial charge in [-0.05, 0) is 56.5 Å². The molecule has 0 fully saturated rings. The molecule has 0 unspecified atom stereocenters. The maximum atomic E-state index is 13.6. The monoisotopic (exact) mass is 338 g/mol. The summed E-state index contributed by atoms with van der Waals surface area (Å²) in [6.07, 6.45) is 0.166. The van der Waals surface area contributed by atoms with Gasteiger partial charge in [-0.3, -0.25) is 4.21 Å². The number of hydrogen-bond donors (Lipinski definition) is 1. The average molecular weight is 339 g/mol. The summed E-state index contributed by atoms with van der Waals surface area (Å²) in [7, 11) is -1.82. The van der Waals surface area contributed by atoms with Crippen molar-refractivity contribution in [2.24, 2.45) is 0 Å². The molecule has 0 spiro atoms. The maximum Gasteiger partial charge on any atom is 0.349 e. The Kier molecular flexibility index (Phi) is 5.16. The summed E-state index contributed by atoms with van der Waals surface area (Å²) in [6.45, 7) is 6.52. The molecular weight excluding hydrogens is 322 g/mol. The van der Waals surface area contributed by atoms with Crippen molar-refractivity contribution < 1.29 is 22.9 Å². The Morgan fingerprint density at radius 1 is 1.33 bits per heavy atom. The van der Waals surface area contributed by atoms with Gasteiger partial charge in [-0.25, -0.2) is 4.79 Å². The van der Waals surface area contributed by atoms with Crippen LogP contribution in [0.25, 0.3) is 0 Å². The molecule has 0 heterocycles. The van der Waals surface area contributed by atoms with E-state index in [-0.39, 0.29) is 22.4 Å². The summed E-state index contributed by atoms with van der Waals surface area (Å²) in [5, 5.41) is 5.47. The van der Waals surface area contributed by atoms with Crippen molar-refractivity contribution in [1.82, 2.24) is 0 Å². The molecule has 0 aliphatic carbocycles. The van der Waals surface area contributed by atoms with Gasteiger partial charge in [0.15, 0.2) is 0 Å². The van der Waals surface area contributed by atoms with Gasteiger partial charge < -0.3 is 5.11 Å². The van der Waals surface area contributed by atoms with E-state index >= 15 is 0 Å². The lowest BCUT2D eigenvalue weighted by Crippen LogP contribution is -2.26. The van der Waals surface area contributed by atoms with Crippen LogP contribution in [0, 0.1) is 0 Å². The highest BCUT2D eigenvalue weighted by Crippen LogP contribution is 2.40. The first-order chi connectivity index (χ1) is 9.41. The molecular formula is C14H17ClF2O3S. The Morgan fingerprint density at radius 2 is 1.86 bits per heavy atom. The zero-order valence-electron chi connectivity index (χ0n) is 12.2. The summed E-state index contributed by atoms with van der Waals surface area (Å²) in [4.78, 5) is 11.1. The predicted molar refractivity (Wildman–Crippen MR) is 78.7 cm³/mol. The SMILES string of the molecule is CCc1c(C(=O)O)ccc(C(F)(F)Cl)c1[S@@](=O)C(C)(C)C. The van der Waals surface area contributed by atoms with Crippen molar-refractivity contribution in [3.8, 4) is 0 Å². The van der Waals surface area contributed by atoms with Gasteiger partial charge in [0.05, 0.1) is 26.8 Å². The summed E-state index contributed by atoms with van der Waals surface area (Å²) < 4.78 is 39.0. The zero-order valence-corrected chi connectivity index (χ0v) is 13.7. The van der Waals surface area contributed by atoms with Crippen LogP contribution in [0.5, 0.6) is 0 Å². The van der Waals surface area contributed by atoms with Crippen molar-refractivity contribution in [2.45, 2.75) is 49.1 Å². The second-order valence-corrected chi connectivity index (χ2v) is 8.15. The van der Waals surface area contributed by atoms with Gasteiger partial charge in [0.1, 0.15) is 0 Å². The Balaban J connectivity index is 3.80. The highest BCUT2D eigenvalue weighted by molar-refractivity contribution is 7.86. The van der Waals surface area contributed by atoms with Crippen LogP contribution in [0.4, 0.5) is 8.78 Å². The minimum absolute atomic E-state index is 0.130. The quantitative estimate of drug-likeness (QED) is 0.839. The normalized spacial score (nSPS) is 14.0. The van der Waals surface area contributed by atoms with E-state index < -0.39 is 32.5 Å². The minimum Gasteiger partial charge on any atom is -0.478 e. The maximum absolute atomic E-state index is 13.6. The third-order valence-corrected chi connectivity index (χ3v) is 5.04. The third kappa shape index (κ3) is 3.80. The molecule has 1 aromatic rings. The molecule has 118 valence electrons. The fourth-order valence-electron chi connectivity index (χ4n) is 1.92. The largest absolute Gasteiger partial charge is 0.478 e. The standard InChI is InChI=1S/C14H17ClF2O3S/c1-5-8-9(12(18)19)6-7-10(14(15,16)17)11(8)21(20)13(2,3)4/h6-7H,5H2,1-4H3,(H,18,19)/t21-/m1/s1. The van der Waals surface area contributed by atoms with Gasteiger partial charge in [0, 0.05) is 4.75 Å². The Morgan fingerprint density at radius 3 is 2.19 bits per heavy atom. The van der Waals surface area contributed by atoms with E-state index in [2.05, 4.69) is 0 Å². The van der Waals surface area contributed by atoms with Gasteiger partial charge in [-0.15, -0.1) is 0 Å². The van der Waals surface area contributed by atoms with Crippen LogP contribution < -0.4 is 0 Å². The van der Waals surface area contributed by atoms with Crippen molar-refractivity contribution in [2.75, 3.05) is 0 Å². The van der Waals surface area contributed by atoms with Gasteiger partial charge >= 0.3 is 11.4 Å². The van der Waals surface area contributed by atoms with Crippen LogP contribution >= 0.6 is 11.6 Å². The second-order valence-electron chi connectivity index (χ2n) is 5.51. The molecule has 0 aliphatic heterocycles. The molecule has 1 atom stereocenters. The summed E-state index contributed by atoms with van der Waals surface area (Å²) in [6, 6.07) is 2.02. The van der Waals surface area contributed by atoms with Gasteiger partial charge in [0.2, 0.25) is 0 Å². The van der Waals surface area contributed by atoms with Crippen molar-refractivity contribution in [3.63, 3.8) is 0 Å². The fourth-order valence-corrected chi connectivity index (χ4v) is 3.62. The fraction of sp³-hybridized carbons (Fsp3) is 0.500. The first-order valence-corrected chi connectivity index (χ1v) is 7.82.